The SMILES string of the molecule is COC(=O)c1cc(C)c(Nc2ncc3c(n2)N(C2CCOCC2)COCN3C)cc1F.[HH]. The van der Waals surface area contributed by atoms with Crippen LogP contribution in [0.4, 0.5) is 27.5 Å². The predicted molar refractivity (Wildman–Crippen MR) is 115 cm³/mol. The first kappa shape index (κ1) is 21.3. The molecule has 0 unspecified atom stereocenters. The van der Waals surface area contributed by atoms with E-state index >= 15 is 0 Å². The number of carbonyl (C=O) groups excluding carboxylic acids is 1. The molecule has 168 valence electrons. The fourth-order valence-electron chi connectivity index (χ4n) is 3.79. The summed E-state index contributed by atoms with van der Waals surface area (Å²) in [6.45, 7) is 4.02. The number of carbonyl (C=O) groups is 1. The van der Waals surface area contributed by atoms with Gasteiger partial charge >= 0.3 is 5.97 Å². The Bertz CT molecular complexity index is 973. The summed E-state index contributed by atoms with van der Waals surface area (Å²) in [7, 11) is 3.14. The second-order valence-corrected chi connectivity index (χ2v) is 7.64. The number of aromatic nitrogens is 2. The Morgan fingerprint density at radius 2 is 2.06 bits per heavy atom. The van der Waals surface area contributed by atoms with Gasteiger partial charge in [0.05, 0.1) is 18.9 Å². The van der Waals surface area contributed by atoms with Crippen molar-refractivity contribution in [2.24, 2.45) is 0 Å². The lowest BCUT2D eigenvalue weighted by Crippen LogP contribution is -2.41. The topological polar surface area (TPSA) is 89.0 Å². The standard InChI is InChI=1S/C21H26FN5O4.H2/c1-13-8-15(20(28)29-3)16(22)9-17(13)24-21-23-10-18-19(25-21)27(12-31-11-26(18)2)14-4-6-30-7-5-14;/h8-10,14H,4-7,11-12H2,1-3H3,(H,23,24,25);1H. The fraction of sp³-hybridized carbons (Fsp3) is 0.476. The van der Waals surface area contributed by atoms with Crippen molar-refractivity contribution in [1.82, 2.24) is 9.97 Å². The Labute approximate surface area is 181 Å². The Morgan fingerprint density at radius 1 is 1.29 bits per heavy atom. The summed E-state index contributed by atoms with van der Waals surface area (Å²) in [5.41, 5.74) is 1.89. The number of ether oxygens (including phenoxy) is 3. The number of hydrogen-bond donors (Lipinski definition) is 1. The molecule has 10 heteroatoms. The van der Waals surface area contributed by atoms with E-state index in [1.165, 1.54) is 19.2 Å². The van der Waals surface area contributed by atoms with Crippen LogP contribution in [0.5, 0.6) is 0 Å². The summed E-state index contributed by atoms with van der Waals surface area (Å²) in [6, 6.07) is 2.95. The molecule has 4 rings (SSSR count). The normalized spacial score (nSPS) is 17.2. The molecule has 1 N–H and O–H groups in total. The van der Waals surface area contributed by atoms with Crippen LogP contribution in [0.1, 0.15) is 30.2 Å². The molecule has 0 spiro atoms. The van der Waals surface area contributed by atoms with Crippen LogP contribution in [0.15, 0.2) is 18.3 Å². The first-order valence-electron chi connectivity index (χ1n) is 10.1. The van der Waals surface area contributed by atoms with Crippen molar-refractivity contribution < 1.29 is 24.8 Å². The molecule has 2 aromatic rings. The maximum atomic E-state index is 14.4. The molecule has 2 aliphatic rings. The number of rotatable bonds is 4. The average Bonchev–Trinajstić information content (AvgIpc) is 2.94. The number of aryl methyl sites for hydroxylation is 1. The number of methoxy groups -OCH3 is 1. The number of hydrogen-bond acceptors (Lipinski definition) is 9. The maximum Gasteiger partial charge on any atom is 0.340 e. The van der Waals surface area contributed by atoms with Crippen LogP contribution in [0.25, 0.3) is 0 Å². The van der Waals surface area contributed by atoms with Crippen LogP contribution in [0.2, 0.25) is 0 Å². The highest BCUT2D eigenvalue weighted by atomic mass is 19.1. The highest BCUT2D eigenvalue weighted by molar-refractivity contribution is 5.90. The Kier molecular flexibility index (Phi) is 6.19. The van der Waals surface area contributed by atoms with Gasteiger partial charge in [-0.05, 0) is 37.5 Å². The zero-order chi connectivity index (χ0) is 22.0. The van der Waals surface area contributed by atoms with Gasteiger partial charge in [0.25, 0.3) is 0 Å². The van der Waals surface area contributed by atoms with Crippen LogP contribution in [0.3, 0.4) is 0 Å². The average molecular weight is 433 g/mol. The minimum absolute atomic E-state index is 0. The monoisotopic (exact) mass is 433 g/mol. The van der Waals surface area contributed by atoms with Gasteiger partial charge in [-0.3, -0.25) is 0 Å². The molecule has 2 aliphatic heterocycles. The summed E-state index contributed by atoms with van der Waals surface area (Å²) >= 11 is 0. The van der Waals surface area contributed by atoms with Gasteiger partial charge in [-0.1, -0.05) is 0 Å². The number of nitrogens with one attached hydrogen (secondary N) is 1. The quantitative estimate of drug-likeness (QED) is 0.731. The molecule has 1 saturated heterocycles. The highest BCUT2D eigenvalue weighted by Crippen LogP contribution is 2.33. The van der Waals surface area contributed by atoms with Gasteiger partial charge in [-0.15, -0.1) is 0 Å². The molecule has 9 nitrogen and oxygen atoms in total. The molecule has 0 bridgehead atoms. The van der Waals surface area contributed by atoms with Crippen molar-refractivity contribution in [1.29, 1.82) is 0 Å². The van der Waals surface area contributed by atoms with E-state index in [0.29, 0.717) is 43.9 Å². The Hall–Kier alpha value is -2.98. The number of benzene rings is 1. The van der Waals surface area contributed by atoms with Crippen LogP contribution < -0.4 is 15.1 Å². The van der Waals surface area contributed by atoms with Crippen molar-refractivity contribution >= 4 is 29.1 Å². The van der Waals surface area contributed by atoms with E-state index in [4.69, 9.17) is 14.5 Å². The van der Waals surface area contributed by atoms with E-state index in [1.807, 2.05) is 11.9 Å². The van der Waals surface area contributed by atoms with E-state index in [2.05, 4.69) is 19.9 Å². The first-order valence-corrected chi connectivity index (χ1v) is 10.1. The third kappa shape index (κ3) is 4.40. The number of fused-ring (bicyclic) bond motifs is 1. The Balaban J connectivity index is 0.00000289. The Morgan fingerprint density at radius 3 is 2.81 bits per heavy atom. The van der Waals surface area contributed by atoms with Crippen LogP contribution >= 0.6 is 0 Å². The van der Waals surface area contributed by atoms with Crippen LogP contribution in [-0.2, 0) is 14.2 Å². The molecule has 0 aliphatic carbocycles. The predicted octanol–water partition coefficient (Wildman–Crippen LogP) is 3.07. The molecular weight excluding hydrogens is 405 g/mol. The van der Waals surface area contributed by atoms with Gasteiger partial charge in [-0.25, -0.2) is 14.2 Å². The smallest absolute Gasteiger partial charge is 0.340 e. The van der Waals surface area contributed by atoms with E-state index < -0.39 is 11.8 Å². The van der Waals surface area contributed by atoms with Crippen molar-refractivity contribution in [3.05, 3.63) is 35.3 Å². The molecule has 31 heavy (non-hydrogen) atoms. The van der Waals surface area contributed by atoms with Gasteiger partial charge in [0, 0.05) is 33.4 Å². The van der Waals surface area contributed by atoms with Gasteiger partial charge in [0.15, 0.2) is 5.82 Å². The summed E-state index contributed by atoms with van der Waals surface area (Å²) in [5, 5.41) is 3.08. The minimum atomic E-state index is -0.719. The summed E-state index contributed by atoms with van der Waals surface area (Å²) in [5.74, 6) is -0.302. The van der Waals surface area contributed by atoms with Gasteiger partial charge in [-0.2, -0.15) is 4.98 Å². The third-order valence-corrected chi connectivity index (χ3v) is 5.55. The maximum absolute atomic E-state index is 14.4. The van der Waals surface area contributed by atoms with Crippen molar-refractivity contribution in [3.63, 3.8) is 0 Å². The number of esters is 1. The van der Waals surface area contributed by atoms with Gasteiger partial charge in [0.2, 0.25) is 5.95 Å². The lowest BCUT2D eigenvalue weighted by Gasteiger charge is -2.34. The zero-order valence-corrected chi connectivity index (χ0v) is 17.9. The number of anilines is 4. The second kappa shape index (κ2) is 9.03. The third-order valence-electron chi connectivity index (χ3n) is 5.55. The summed E-state index contributed by atoms with van der Waals surface area (Å²) in [6.07, 6.45) is 3.51. The summed E-state index contributed by atoms with van der Waals surface area (Å²) < 4.78 is 30.4. The molecule has 0 amide bonds. The molecule has 3 heterocycles. The molecular formula is C21H28FN5O4. The molecule has 0 saturated carbocycles. The summed E-state index contributed by atoms with van der Waals surface area (Å²) in [4.78, 5) is 25.0. The fourth-order valence-corrected chi connectivity index (χ4v) is 3.79. The largest absolute Gasteiger partial charge is 0.465 e. The van der Waals surface area contributed by atoms with Crippen LogP contribution in [0, 0.1) is 12.7 Å². The number of nitrogens with zero attached hydrogens (tertiary/aromatic N) is 4. The van der Waals surface area contributed by atoms with Crippen molar-refractivity contribution in [3.8, 4) is 0 Å². The van der Waals surface area contributed by atoms with E-state index in [9.17, 15) is 9.18 Å². The second-order valence-electron chi connectivity index (χ2n) is 7.64. The van der Waals surface area contributed by atoms with Crippen molar-refractivity contribution in [2.45, 2.75) is 25.8 Å². The molecule has 0 atom stereocenters. The first-order chi connectivity index (χ1) is 15.0. The zero-order valence-electron chi connectivity index (χ0n) is 17.9. The lowest BCUT2D eigenvalue weighted by atomic mass is 10.1. The molecule has 1 fully saturated rings. The molecule has 1 aromatic heterocycles. The van der Waals surface area contributed by atoms with E-state index in [1.54, 1.807) is 13.1 Å². The van der Waals surface area contributed by atoms with E-state index in [-0.39, 0.29) is 13.0 Å². The van der Waals surface area contributed by atoms with Crippen LogP contribution in [-0.4, -0.2) is 62.8 Å². The minimum Gasteiger partial charge on any atom is -0.465 e. The lowest BCUT2D eigenvalue weighted by molar-refractivity contribution is 0.0595. The van der Waals surface area contributed by atoms with E-state index in [0.717, 1.165) is 24.3 Å². The van der Waals surface area contributed by atoms with Gasteiger partial charge in [0.1, 0.15) is 25.0 Å². The van der Waals surface area contributed by atoms with Crippen molar-refractivity contribution in [2.75, 3.05) is 55.9 Å². The molecule has 1 aromatic carbocycles. The van der Waals surface area contributed by atoms with Gasteiger partial charge < -0.3 is 29.3 Å². The highest BCUT2D eigenvalue weighted by Gasteiger charge is 2.29. The number of halogens is 1. The molecule has 0 radical (unpaired) electrons.